The van der Waals surface area contributed by atoms with Gasteiger partial charge in [0.25, 0.3) is 0 Å². The van der Waals surface area contributed by atoms with Crippen LogP contribution in [0.1, 0.15) is 0 Å². The van der Waals surface area contributed by atoms with Crippen molar-refractivity contribution in [1.29, 1.82) is 0 Å². The molecule has 0 atom stereocenters. The van der Waals surface area contributed by atoms with E-state index in [9.17, 15) is 0 Å². The van der Waals surface area contributed by atoms with Crippen molar-refractivity contribution in [2.75, 3.05) is 0 Å². The van der Waals surface area contributed by atoms with Gasteiger partial charge in [-0.2, -0.15) is 5.53 Å². The Labute approximate surface area is 33.4 Å². The van der Waals surface area contributed by atoms with Crippen molar-refractivity contribution in [3.63, 3.8) is 0 Å². The Bertz CT molecular complexity index is 116. The molecule has 0 aromatic carbocycles. The SMILES string of the molecule is C1=NN=NNN=1. The van der Waals surface area contributed by atoms with Gasteiger partial charge in [0.2, 0.25) is 0 Å². The fourth-order valence-electron chi connectivity index (χ4n) is 0.129. The van der Waals surface area contributed by atoms with Crippen molar-refractivity contribution in [1.82, 2.24) is 5.53 Å². The lowest BCUT2D eigenvalue weighted by Crippen LogP contribution is -1.91. The summed E-state index contributed by atoms with van der Waals surface area (Å²) in [6.45, 7) is 0. The largest absolute Gasteiger partial charge is 0.168 e. The molecule has 0 radical (unpaired) electrons. The highest BCUT2D eigenvalue weighted by Gasteiger charge is 1.68. The summed E-state index contributed by atoms with van der Waals surface area (Å²) in [6.07, 6.45) is 0. The van der Waals surface area contributed by atoms with E-state index in [0.717, 1.165) is 0 Å². The van der Waals surface area contributed by atoms with Crippen LogP contribution in [-0.4, -0.2) is 6.01 Å². The summed E-state index contributed by atoms with van der Waals surface area (Å²) in [5, 5.41) is 12.7. The molecule has 5 heteroatoms. The van der Waals surface area contributed by atoms with Crippen LogP contribution in [0.5, 0.6) is 0 Å². The minimum Gasteiger partial charge on any atom is -0.168 e. The first-order valence-electron chi connectivity index (χ1n) is 1.29. The van der Waals surface area contributed by atoms with Crippen molar-refractivity contribution in [3.8, 4) is 0 Å². The maximum Gasteiger partial charge on any atom is 0.145 e. The lowest BCUT2D eigenvalue weighted by atomic mass is 11.5. The van der Waals surface area contributed by atoms with E-state index in [1.54, 1.807) is 0 Å². The molecular formula is CHN5. The molecule has 1 N–H and O–H groups in total. The molecule has 0 saturated carbocycles. The zero-order chi connectivity index (χ0) is 4.24. The summed E-state index contributed by atoms with van der Waals surface area (Å²) in [6, 6.07) is 2.16. The normalized spacial score (nSPS) is 14.7. The molecule has 1 heterocycles. The lowest BCUT2D eigenvalue weighted by Gasteiger charge is -1.79. The first-order valence-corrected chi connectivity index (χ1v) is 1.29. The predicted molar refractivity (Wildman–Crippen MR) is 17.9 cm³/mol. The second-order valence-corrected chi connectivity index (χ2v) is 0.601. The predicted octanol–water partition coefficient (Wildman–Crippen LogP) is -0.0393. The average molecular weight is 83.1 g/mol. The Hall–Kier alpha value is -1.22. The Morgan fingerprint density at radius 2 is 2.50 bits per heavy atom. The summed E-state index contributed by atoms with van der Waals surface area (Å²) >= 11 is 0. The van der Waals surface area contributed by atoms with Crippen LogP contribution < -0.4 is 5.53 Å². The van der Waals surface area contributed by atoms with E-state index in [2.05, 4.69) is 32.2 Å². The summed E-state index contributed by atoms with van der Waals surface area (Å²) in [5.41, 5.74) is 2.16. The number of nitrogens with zero attached hydrogens (tertiary/aromatic N) is 4. The fourth-order valence-corrected chi connectivity index (χ4v) is 0.129. The monoisotopic (exact) mass is 83.0 g/mol. The molecule has 5 nitrogen and oxygen atoms in total. The van der Waals surface area contributed by atoms with Gasteiger partial charge in [-0.1, -0.05) is 10.2 Å². The topological polar surface area (TPSA) is 61.5 Å². The zero-order valence-corrected chi connectivity index (χ0v) is 2.79. The molecule has 0 aromatic rings. The van der Waals surface area contributed by atoms with Gasteiger partial charge >= 0.3 is 0 Å². The molecule has 0 bridgehead atoms. The summed E-state index contributed by atoms with van der Waals surface area (Å²) in [4.78, 5) is 0. The lowest BCUT2D eigenvalue weighted by molar-refractivity contribution is 0.708. The molecular weight excluding hydrogens is 82.0 g/mol. The van der Waals surface area contributed by atoms with Crippen LogP contribution in [-0.2, 0) is 0 Å². The smallest absolute Gasteiger partial charge is 0.145 e. The van der Waals surface area contributed by atoms with Crippen molar-refractivity contribution in [2.24, 2.45) is 20.6 Å². The van der Waals surface area contributed by atoms with Crippen molar-refractivity contribution in [2.45, 2.75) is 0 Å². The molecule has 0 amide bonds. The molecule has 1 aliphatic heterocycles. The van der Waals surface area contributed by atoms with Crippen LogP contribution in [0.3, 0.4) is 0 Å². The number of rotatable bonds is 0. The Kier molecular flexibility index (Phi) is 0.637. The van der Waals surface area contributed by atoms with Gasteiger partial charge in [0.15, 0.2) is 0 Å². The van der Waals surface area contributed by atoms with Crippen molar-refractivity contribution in [3.05, 3.63) is 0 Å². The van der Waals surface area contributed by atoms with Gasteiger partial charge in [0.05, 0.1) is 0 Å². The third-order valence-electron chi connectivity index (χ3n) is 0.279. The van der Waals surface area contributed by atoms with Gasteiger partial charge in [-0.05, 0) is 10.4 Å². The molecule has 1 rings (SSSR count). The van der Waals surface area contributed by atoms with E-state index in [4.69, 9.17) is 0 Å². The summed E-state index contributed by atoms with van der Waals surface area (Å²) in [5.74, 6) is 0. The molecule has 0 unspecified atom stereocenters. The van der Waals surface area contributed by atoms with Gasteiger partial charge in [-0.3, -0.25) is 0 Å². The standard InChI is InChI=1S/CHN5/c1-2-4-6-5-3-1/h(H,4,5). The van der Waals surface area contributed by atoms with Crippen LogP contribution in [0.15, 0.2) is 20.6 Å². The van der Waals surface area contributed by atoms with Gasteiger partial charge < -0.3 is 0 Å². The first kappa shape index (κ1) is 2.99. The second kappa shape index (κ2) is 1.28. The van der Waals surface area contributed by atoms with Crippen molar-refractivity contribution < 1.29 is 0 Å². The van der Waals surface area contributed by atoms with Gasteiger partial charge in [-0.15, -0.1) is 0 Å². The minimum absolute atomic E-state index is 2.16. The van der Waals surface area contributed by atoms with E-state index < -0.39 is 0 Å². The molecule has 0 aliphatic carbocycles. The second-order valence-electron chi connectivity index (χ2n) is 0.601. The first-order chi connectivity index (χ1) is 3.00. The number of hydrogen-bond donors (Lipinski definition) is 1. The van der Waals surface area contributed by atoms with E-state index in [1.165, 1.54) is 0 Å². The average Bonchev–Trinajstić information content (AvgIpc) is 1.72. The van der Waals surface area contributed by atoms with Crippen LogP contribution in [0.2, 0.25) is 0 Å². The maximum atomic E-state index is 3.25. The highest BCUT2D eigenvalue weighted by atomic mass is 15.7. The highest BCUT2D eigenvalue weighted by molar-refractivity contribution is 5.40. The summed E-state index contributed by atoms with van der Waals surface area (Å²) in [7, 11) is 0. The third-order valence-corrected chi connectivity index (χ3v) is 0.279. The van der Waals surface area contributed by atoms with Crippen molar-refractivity contribution >= 4 is 6.01 Å². The van der Waals surface area contributed by atoms with E-state index in [-0.39, 0.29) is 0 Å². The molecule has 0 aromatic heterocycles. The molecule has 0 saturated heterocycles. The Balaban J connectivity index is 2.78. The molecule has 0 spiro atoms. The van der Waals surface area contributed by atoms with Crippen LogP contribution >= 0.6 is 0 Å². The molecule has 30 valence electrons. The Morgan fingerprint density at radius 3 is 2.67 bits per heavy atom. The van der Waals surface area contributed by atoms with Crippen LogP contribution in [0, 0.1) is 0 Å². The molecule has 1 aliphatic rings. The minimum atomic E-state index is 2.16. The number of hydrazone groups is 1. The molecule has 6 heavy (non-hydrogen) atoms. The van der Waals surface area contributed by atoms with Gasteiger partial charge in [0, 0.05) is 0 Å². The summed E-state index contributed by atoms with van der Waals surface area (Å²) < 4.78 is 0. The maximum absolute atomic E-state index is 3.25. The van der Waals surface area contributed by atoms with Crippen LogP contribution in [0.25, 0.3) is 0 Å². The third kappa shape index (κ3) is 0.386. The van der Waals surface area contributed by atoms with Gasteiger partial charge in [0.1, 0.15) is 6.01 Å². The van der Waals surface area contributed by atoms with E-state index in [0.29, 0.717) is 0 Å². The highest BCUT2D eigenvalue weighted by Crippen LogP contribution is 1.72. The fraction of sp³-hybridized carbons (Fsp3) is 0. The van der Waals surface area contributed by atoms with E-state index in [1.807, 2.05) is 0 Å². The van der Waals surface area contributed by atoms with Gasteiger partial charge in [-0.25, -0.2) is 0 Å². The van der Waals surface area contributed by atoms with E-state index >= 15 is 0 Å². The zero-order valence-electron chi connectivity index (χ0n) is 2.79. The Morgan fingerprint density at radius 1 is 1.50 bits per heavy atom. The number of nitrogens with one attached hydrogen (secondary N) is 1. The quantitative estimate of drug-likeness (QED) is 0.438. The molecule has 0 fully saturated rings. The number of hydrogen-bond acceptors (Lipinski definition) is 5. The van der Waals surface area contributed by atoms with Crippen LogP contribution in [0.4, 0.5) is 0 Å².